The maximum Gasteiger partial charge on any atom is 0.269 e. The van der Waals surface area contributed by atoms with Crippen molar-refractivity contribution in [2.24, 2.45) is 0 Å². The van der Waals surface area contributed by atoms with E-state index >= 15 is 0 Å². The number of aromatic nitrogens is 2. The first-order chi connectivity index (χ1) is 10.7. The number of hydrogen-bond donors (Lipinski definition) is 2. The van der Waals surface area contributed by atoms with Gasteiger partial charge in [-0.05, 0) is 32.9 Å². The minimum Gasteiger partial charge on any atom is -0.383 e. The highest BCUT2D eigenvalue weighted by Crippen LogP contribution is 2.23. The van der Waals surface area contributed by atoms with Gasteiger partial charge in [0.1, 0.15) is 22.9 Å². The molecule has 0 spiro atoms. The topological polar surface area (TPSA) is 67.2 Å². The number of benzene rings is 1. The summed E-state index contributed by atoms with van der Waals surface area (Å²) in [5.41, 5.74) is -0.687. The van der Waals surface area contributed by atoms with Crippen LogP contribution in [0.4, 0.5) is 8.78 Å². The summed E-state index contributed by atoms with van der Waals surface area (Å²) in [5, 5.41) is 17.1. The Hall–Kier alpha value is -2.28. The van der Waals surface area contributed by atoms with Gasteiger partial charge in [-0.2, -0.15) is 5.10 Å². The Morgan fingerprint density at radius 3 is 2.70 bits per heavy atom. The lowest BCUT2D eigenvalue weighted by atomic mass is 9.95. The minimum atomic E-state index is -1.67. The molecule has 7 heteroatoms. The van der Waals surface area contributed by atoms with Crippen molar-refractivity contribution >= 4 is 5.91 Å². The zero-order valence-electron chi connectivity index (χ0n) is 13.2. The number of carbonyl (C=O) groups is 1. The summed E-state index contributed by atoms with van der Waals surface area (Å²) in [6, 6.07) is 4.55. The van der Waals surface area contributed by atoms with Gasteiger partial charge >= 0.3 is 0 Å². The molecule has 2 rings (SSSR count). The summed E-state index contributed by atoms with van der Waals surface area (Å²) in [6.07, 6.45) is 0. The predicted octanol–water partition coefficient (Wildman–Crippen LogP) is 2.13. The highest BCUT2D eigenvalue weighted by Gasteiger charge is 2.28. The van der Waals surface area contributed by atoms with Crippen LogP contribution in [0.3, 0.4) is 0 Å². The third kappa shape index (κ3) is 3.73. The van der Waals surface area contributed by atoms with Crippen LogP contribution in [0, 0.1) is 18.6 Å². The normalized spacial score (nSPS) is 13.7. The number of nitrogens with zero attached hydrogens (tertiary/aromatic N) is 2. The van der Waals surface area contributed by atoms with E-state index in [1.54, 1.807) is 13.0 Å². The summed E-state index contributed by atoms with van der Waals surface area (Å²) in [7, 11) is 0. The first kappa shape index (κ1) is 17.1. The molecule has 1 aromatic carbocycles. The second kappa shape index (κ2) is 6.45. The summed E-state index contributed by atoms with van der Waals surface area (Å²) in [4.78, 5) is 12.2. The Labute approximate surface area is 132 Å². The molecule has 0 aliphatic rings. The van der Waals surface area contributed by atoms with Crippen LogP contribution < -0.4 is 5.32 Å². The molecule has 0 saturated heterocycles. The number of amides is 1. The molecule has 0 radical (unpaired) electrons. The summed E-state index contributed by atoms with van der Waals surface area (Å²) < 4.78 is 28.3. The number of nitrogens with one attached hydrogen (secondary N) is 1. The largest absolute Gasteiger partial charge is 0.383 e. The molecular formula is C16H19F2N3O2. The highest BCUT2D eigenvalue weighted by atomic mass is 19.1. The van der Waals surface area contributed by atoms with Crippen molar-refractivity contribution in [1.29, 1.82) is 0 Å². The highest BCUT2D eigenvalue weighted by molar-refractivity contribution is 5.92. The minimum absolute atomic E-state index is 0.0839. The molecule has 0 aliphatic heterocycles. The fourth-order valence-electron chi connectivity index (χ4n) is 2.33. The van der Waals surface area contributed by atoms with Crippen molar-refractivity contribution in [3.8, 4) is 0 Å². The fourth-order valence-corrected chi connectivity index (χ4v) is 2.33. The van der Waals surface area contributed by atoms with E-state index in [2.05, 4.69) is 10.4 Å². The average molecular weight is 323 g/mol. The molecule has 0 saturated carbocycles. The molecule has 1 atom stereocenters. The summed E-state index contributed by atoms with van der Waals surface area (Å²) in [6.45, 7) is 5.29. The maximum absolute atomic E-state index is 13.8. The third-order valence-electron chi connectivity index (χ3n) is 3.54. The molecule has 0 aliphatic carbocycles. The fraction of sp³-hybridized carbons (Fsp3) is 0.375. The number of aliphatic hydroxyl groups is 1. The predicted molar refractivity (Wildman–Crippen MR) is 80.9 cm³/mol. The Morgan fingerprint density at radius 2 is 2.09 bits per heavy atom. The monoisotopic (exact) mass is 323 g/mol. The Bertz CT molecular complexity index is 726. The van der Waals surface area contributed by atoms with Crippen LogP contribution in [-0.2, 0) is 12.1 Å². The maximum atomic E-state index is 13.8. The SMILES string of the molecule is CCn1nc(C)cc1C(=O)NCC(C)(O)c1ccc(F)cc1F. The van der Waals surface area contributed by atoms with Gasteiger partial charge in [0.15, 0.2) is 0 Å². The van der Waals surface area contributed by atoms with E-state index in [4.69, 9.17) is 0 Å². The van der Waals surface area contributed by atoms with E-state index in [9.17, 15) is 18.7 Å². The molecule has 2 N–H and O–H groups in total. The number of hydrogen-bond acceptors (Lipinski definition) is 3. The summed E-state index contributed by atoms with van der Waals surface area (Å²) in [5.74, 6) is -2.01. The molecule has 23 heavy (non-hydrogen) atoms. The van der Waals surface area contributed by atoms with E-state index < -0.39 is 23.1 Å². The van der Waals surface area contributed by atoms with Crippen LogP contribution in [0.2, 0.25) is 0 Å². The van der Waals surface area contributed by atoms with Crippen LogP contribution in [0.15, 0.2) is 24.3 Å². The first-order valence-corrected chi connectivity index (χ1v) is 7.25. The lowest BCUT2D eigenvalue weighted by Gasteiger charge is -2.24. The van der Waals surface area contributed by atoms with Gasteiger partial charge in [-0.3, -0.25) is 9.48 Å². The van der Waals surface area contributed by atoms with Gasteiger partial charge in [0.25, 0.3) is 5.91 Å². The molecule has 1 amide bonds. The lowest BCUT2D eigenvalue weighted by Crippen LogP contribution is -2.39. The van der Waals surface area contributed by atoms with Crippen molar-refractivity contribution in [2.75, 3.05) is 6.54 Å². The molecular weight excluding hydrogens is 304 g/mol. The van der Waals surface area contributed by atoms with E-state index in [1.165, 1.54) is 11.6 Å². The zero-order chi connectivity index (χ0) is 17.2. The standard InChI is InChI=1S/C16H19F2N3O2/c1-4-21-14(7-10(2)20-21)15(22)19-9-16(3,23)12-6-5-11(17)8-13(12)18/h5-8,23H,4,9H2,1-3H3,(H,19,22). The van der Waals surface area contributed by atoms with Gasteiger partial charge in [-0.25, -0.2) is 8.78 Å². The number of rotatable bonds is 5. The van der Waals surface area contributed by atoms with Crippen molar-refractivity contribution < 1.29 is 18.7 Å². The second-order valence-electron chi connectivity index (χ2n) is 5.57. The van der Waals surface area contributed by atoms with Crippen LogP contribution in [0.25, 0.3) is 0 Å². The second-order valence-corrected chi connectivity index (χ2v) is 5.57. The van der Waals surface area contributed by atoms with Crippen LogP contribution in [0.1, 0.15) is 35.6 Å². The van der Waals surface area contributed by atoms with E-state index in [0.717, 1.165) is 12.1 Å². The van der Waals surface area contributed by atoms with Crippen molar-refractivity contribution in [2.45, 2.75) is 32.9 Å². The zero-order valence-corrected chi connectivity index (χ0v) is 13.2. The Balaban J connectivity index is 2.13. The van der Waals surface area contributed by atoms with Crippen LogP contribution in [-0.4, -0.2) is 27.3 Å². The average Bonchev–Trinajstić information content (AvgIpc) is 2.85. The van der Waals surface area contributed by atoms with E-state index in [-0.39, 0.29) is 12.1 Å². The van der Waals surface area contributed by atoms with Gasteiger partial charge in [0.05, 0.1) is 12.2 Å². The molecule has 1 heterocycles. The molecule has 2 aromatic rings. The van der Waals surface area contributed by atoms with Gasteiger partial charge in [-0.1, -0.05) is 6.07 Å². The lowest BCUT2D eigenvalue weighted by molar-refractivity contribution is 0.0491. The third-order valence-corrected chi connectivity index (χ3v) is 3.54. The van der Waals surface area contributed by atoms with Crippen LogP contribution >= 0.6 is 0 Å². The Morgan fingerprint density at radius 1 is 1.39 bits per heavy atom. The van der Waals surface area contributed by atoms with Crippen molar-refractivity contribution in [3.05, 3.63) is 52.9 Å². The molecule has 124 valence electrons. The molecule has 0 bridgehead atoms. The van der Waals surface area contributed by atoms with Gasteiger partial charge < -0.3 is 10.4 Å². The summed E-state index contributed by atoms with van der Waals surface area (Å²) >= 11 is 0. The van der Waals surface area contributed by atoms with Crippen molar-refractivity contribution in [1.82, 2.24) is 15.1 Å². The smallest absolute Gasteiger partial charge is 0.269 e. The molecule has 5 nitrogen and oxygen atoms in total. The number of carbonyl (C=O) groups excluding carboxylic acids is 1. The molecule has 0 fully saturated rings. The molecule has 1 aromatic heterocycles. The first-order valence-electron chi connectivity index (χ1n) is 7.25. The Kier molecular flexibility index (Phi) is 4.79. The quantitative estimate of drug-likeness (QED) is 0.886. The van der Waals surface area contributed by atoms with Crippen LogP contribution in [0.5, 0.6) is 0 Å². The van der Waals surface area contributed by atoms with E-state index in [1.807, 2.05) is 6.92 Å². The number of halogens is 2. The van der Waals surface area contributed by atoms with E-state index in [0.29, 0.717) is 24.0 Å². The molecule has 1 unspecified atom stereocenters. The van der Waals surface area contributed by atoms with Gasteiger partial charge in [-0.15, -0.1) is 0 Å². The van der Waals surface area contributed by atoms with Gasteiger partial charge in [0, 0.05) is 18.2 Å². The van der Waals surface area contributed by atoms with Gasteiger partial charge in [0.2, 0.25) is 0 Å². The number of aryl methyl sites for hydroxylation is 2. The van der Waals surface area contributed by atoms with Crippen molar-refractivity contribution in [3.63, 3.8) is 0 Å².